The van der Waals surface area contributed by atoms with E-state index in [0.29, 0.717) is 19.7 Å². The molecule has 1 atom stereocenters. The molecular weight excluding hydrogens is 629 g/mol. The molecule has 0 saturated heterocycles. The summed E-state index contributed by atoms with van der Waals surface area (Å²) in [5.41, 5.74) is 7.38. The van der Waals surface area contributed by atoms with E-state index < -0.39 is 23.6 Å². The van der Waals surface area contributed by atoms with Gasteiger partial charge in [-0.2, -0.15) is 13.5 Å². The molecule has 4 aromatic rings. The number of carbonyl (C=O) groups excluding carboxylic acids is 1. The number of anilines is 1. The minimum atomic E-state index is -3.95. The van der Waals surface area contributed by atoms with Crippen LogP contribution in [0.2, 0.25) is 25.7 Å². The summed E-state index contributed by atoms with van der Waals surface area (Å²) in [5, 5.41) is 6.10. The zero-order chi connectivity index (χ0) is 33.6. The van der Waals surface area contributed by atoms with Crippen molar-refractivity contribution in [3.8, 4) is 11.4 Å². The number of nitrogens with one attached hydrogen (secondary N) is 1. The Balaban J connectivity index is 1.33. The second kappa shape index (κ2) is 13.0. The molecule has 1 aliphatic carbocycles. The third-order valence-corrected chi connectivity index (χ3v) is 12.8. The minimum Gasteiger partial charge on any atom is -0.360 e. The van der Waals surface area contributed by atoms with Gasteiger partial charge < -0.3 is 14.6 Å². The molecule has 0 bridgehead atoms. The topological polar surface area (TPSA) is 107 Å². The Hall–Kier alpha value is -3.25. The van der Waals surface area contributed by atoms with Gasteiger partial charge in [-0.25, -0.2) is 4.68 Å². The second-order valence-electron chi connectivity index (χ2n) is 14.4. The predicted octanol–water partition coefficient (Wildman–Crippen LogP) is 7.34. The van der Waals surface area contributed by atoms with Crippen LogP contribution in [0.4, 0.5) is 5.69 Å². The van der Waals surface area contributed by atoms with E-state index in [1.54, 1.807) is 24.3 Å². The third kappa shape index (κ3) is 6.47. The van der Waals surface area contributed by atoms with Crippen molar-refractivity contribution in [2.75, 3.05) is 24.7 Å². The molecule has 1 N–H and O–H groups in total. The minimum absolute atomic E-state index is 0.0158. The Bertz CT molecular complexity index is 1890. The average Bonchev–Trinajstić information content (AvgIpc) is 3.61. The van der Waals surface area contributed by atoms with Gasteiger partial charge in [-0.3, -0.25) is 8.98 Å². The van der Waals surface area contributed by atoms with Crippen LogP contribution in [0, 0.1) is 6.92 Å². The summed E-state index contributed by atoms with van der Waals surface area (Å²) in [4.78, 5) is 19.9. The normalized spacial score (nSPS) is 18.0. The van der Waals surface area contributed by atoms with Crippen molar-refractivity contribution in [2.24, 2.45) is 0 Å². The number of fused-ring (bicyclic) bond motifs is 6. The van der Waals surface area contributed by atoms with Gasteiger partial charge in [0.2, 0.25) is 5.91 Å². The van der Waals surface area contributed by atoms with Crippen molar-refractivity contribution in [1.29, 1.82) is 0 Å². The highest BCUT2D eigenvalue weighted by Gasteiger charge is 2.50. The Morgan fingerprint density at radius 3 is 2.51 bits per heavy atom. The number of nitrogens with zero attached hydrogens (tertiary/aromatic N) is 3. The molecule has 0 radical (unpaired) electrons. The SMILES string of the molecule is CCCC1(CCOS(=O)(=O)c2ccc(C)cc2)C(=O)N(CC)c2cc3c4c([nH]c3cc21)-c1nn(COCC[Si](C)(C)C)cc1CCC4. The molecular formula is C36H48N4O5SSi. The molecule has 9 nitrogen and oxygen atoms in total. The zero-order valence-corrected chi connectivity index (χ0v) is 30.4. The van der Waals surface area contributed by atoms with E-state index >= 15 is 0 Å². The highest BCUT2D eigenvalue weighted by molar-refractivity contribution is 7.86. The maximum absolute atomic E-state index is 14.2. The van der Waals surface area contributed by atoms with Gasteiger partial charge in [0.1, 0.15) is 12.4 Å². The van der Waals surface area contributed by atoms with Crippen molar-refractivity contribution >= 4 is 40.7 Å². The maximum Gasteiger partial charge on any atom is 0.296 e. The van der Waals surface area contributed by atoms with Crippen molar-refractivity contribution in [3.05, 3.63) is 64.8 Å². The molecule has 3 heterocycles. The quantitative estimate of drug-likeness (QED) is 0.0903. The number of carbonyl (C=O) groups is 1. The van der Waals surface area contributed by atoms with E-state index in [4.69, 9.17) is 14.0 Å². The van der Waals surface area contributed by atoms with Crippen LogP contribution < -0.4 is 4.90 Å². The maximum atomic E-state index is 14.2. The van der Waals surface area contributed by atoms with Crippen LogP contribution in [-0.2, 0) is 48.8 Å². The zero-order valence-electron chi connectivity index (χ0n) is 28.6. The van der Waals surface area contributed by atoms with E-state index in [1.165, 1.54) is 11.1 Å². The average molecular weight is 677 g/mol. The molecule has 1 amide bonds. The number of rotatable bonds is 13. The number of aromatic nitrogens is 3. The van der Waals surface area contributed by atoms with Crippen LogP contribution >= 0.6 is 0 Å². The van der Waals surface area contributed by atoms with E-state index in [9.17, 15) is 13.2 Å². The summed E-state index contributed by atoms with van der Waals surface area (Å²) < 4.78 is 39.5. The molecule has 0 fully saturated rings. The van der Waals surface area contributed by atoms with Crippen molar-refractivity contribution in [3.63, 3.8) is 0 Å². The number of hydrogen-bond acceptors (Lipinski definition) is 6. The molecule has 0 saturated carbocycles. The number of aryl methyl sites for hydroxylation is 3. The van der Waals surface area contributed by atoms with Gasteiger partial charge in [0.05, 0.1) is 22.6 Å². The van der Waals surface area contributed by atoms with E-state index in [2.05, 4.69) is 49.9 Å². The van der Waals surface area contributed by atoms with Crippen LogP contribution in [0.5, 0.6) is 0 Å². The van der Waals surface area contributed by atoms with E-state index in [0.717, 1.165) is 77.4 Å². The predicted molar refractivity (Wildman–Crippen MR) is 189 cm³/mol. The van der Waals surface area contributed by atoms with Crippen molar-refractivity contribution in [1.82, 2.24) is 14.8 Å². The highest BCUT2D eigenvalue weighted by atomic mass is 32.2. The van der Waals surface area contributed by atoms with Crippen molar-refractivity contribution < 1.29 is 22.1 Å². The first-order valence-corrected chi connectivity index (χ1v) is 22.1. The van der Waals surface area contributed by atoms with Gasteiger partial charge in [-0.15, -0.1) is 0 Å². The van der Waals surface area contributed by atoms with E-state index in [1.807, 2.05) is 23.4 Å². The first kappa shape index (κ1) is 33.6. The molecule has 1 aliphatic heterocycles. The lowest BCUT2D eigenvalue weighted by atomic mass is 9.75. The number of benzene rings is 2. The van der Waals surface area contributed by atoms with Gasteiger partial charge in [0, 0.05) is 44.0 Å². The largest absolute Gasteiger partial charge is 0.360 e. The van der Waals surface area contributed by atoms with Crippen LogP contribution in [0.1, 0.15) is 61.8 Å². The summed E-state index contributed by atoms with van der Waals surface area (Å²) in [6.45, 7) is 14.7. The fourth-order valence-corrected chi connectivity index (χ4v) is 8.86. The molecule has 1 unspecified atom stereocenters. The first-order valence-electron chi connectivity index (χ1n) is 17.0. The van der Waals surface area contributed by atoms with Crippen molar-refractivity contribution in [2.45, 2.75) is 102 Å². The van der Waals surface area contributed by atoms with Crippen LogP contribution in [0.25, 0.3) is 22.3 Å². The summed E-state index contributed by atoms with van der Waals surface area (Å²) in [6.07, 6.45) is 6.64. The summed E-state index contributed by atoms with van der Waals surface area (Å²) in [5.74, 6) is 0.0158. The molecule has 252 valence electrons. The van der Waals surface area contributed by atoms with Crippen LogP contribution in [0.15, 0.2) is 47.5 Å². The summed E-state index contributed by atoms with van der Waals surface area (Å²) in [7, 11) is -5.12. The monoisotopic (exact) mass is 676 g/mol. The first-order chi connectivity index (χ1) is 22.4. The Labute approximate surface area is 279 Å². The Morgan fingerprint density at radius 2 is 1.81 bits per heavy atom. The molecule has 2 aromatic carbocycles. The standard InChI is InChI=1S/C36H48N4O5SSi/c1-7-16-36(17-18-45-46(42,43)27-14-12-25(3)13-15-27)30-22-31-29(21-32(30)40(8-2)35(36)41)28-11-9-10-26-23-39(38-33(26)34(28)37-31)24-44-19-20-47(4,5)6/h12-15,21-23,37H,7-11,16-20,24H2,1-6H3. The molecule has 2 aliphatic rings. The number of likely N-dealkylation sites (N-methyl/N-ethyl adjacent to an activating group) is 1. The number of hydrogen-bond donors (Lipinski definition) is 1. The smallest absolute Gasteiger partial charge is 0.296 e. The summed E-state index contributed by atoms with van der Waals surface area (Å²) in [6, 6.07) is 12.1. The van der Waals surface area contributed by atoms with E-state index in [-0.39, 0.29) is 23.8 Å². The van der Waals surface area contributed by atoms with Gasteiger partial charge in [0.15, 0.2) is 0 Å². The molecule has 47 heavy (non-hydrogen) atoms. The lowest BCUT2D eigenvalue weighted by Crippen LogP contribution is -2.41. The second-order valence-corrected chi connectivity index (χ2v) is 21.6. The number of aromatic amines is 1. The van der Waals surface area contributed by atoms with Gasteiger partial charge >= 0.3 is 0 Å². The Kier molecular flexibility index (Phi) is 9.29. The lowest BCUT2D eigenvalue weighted by Gasteiger charge is -2.28. The molecule has 11 heteroatoms. The molecule has 0 spiro atoms. The molecule has 6 rings (SSSR count). The highest BCUT2D eigenvalue weighted by Crippen LogP contribution is 2.50. The fraction of sp³-hybridized carbons (Fsp3) is 0.500. The lowest BCUT2D eigenvalue weighted by molar-refractivity contribution is -0.124. The fourth-order valence-electron chi connectivity index (χ4n) is 7.20. The number of amides is 1. The summed E-state index contributed by atoms with van der Waals surface area (Å²) >= 11 is 0. The third-order valence-electron chi connectivity index (χ3n) is 9.72. The van der Waals surface area contributed by atoms with Gasteiger partial charge in [-0.1, -0.05) is 50.7 Å². The number of ether oxygens (including phenoxy) is 1. The van der Waals surface area contributed by atoms with Gasteiger partial charge in [0.25, 0.3) is 10.1 Å². The number of H-pyrrole nitrogens is 1. The van der Waals surface area contributed by atoms with Crippen LogP contribution in [-0.4, -0.2) is 56.9 Å². The van der Waals surface area contributed by atoms with Gasteiger partial charge in [-0.05, 0) is 93.0 Å². The molecule has 2 aromatic heterocycles. The van der Waals surface area contributed by atoms with Crippen LogP contribution in [0.3, 0.4) is 0 Å². The Morgan fingerprint density at radius 1 is 1.04 bits per heavy atom.